The van der Waals surface area contributed by atoms with Crippen LogP contribution in [0, 0.1) is 0 Å². The summed E-state index contributed by atoms with van der Waals surface area (Å²) in [5.41, 5.74) is 0.819. The summed E-state index contributed by atoms with van der Waals surface area (Å²) in [6, 6.07) is 5.55. The molecule has 0 aliphatic carbocycles. The number of carbonyl (C=O) groups is 1. The molecule has 0 aromatic heterocycles. The normalized spacial score (nSPS) is 12.1. The van der Waals surface area contributed by atoms with Gasteiger partial charge in [0.1, 0.15) is 5.75 Å². The number of benzene rings is 1. The molecule has 1 rings (SSSR count). The monoisotopic (exact) mass is 286 g/mol. The Morgan fingerprint density at radius 2 is 2.19 bits per heavy atom. The van der Waals surface area contributed by atoms with Gasteiger partial charge in [-0.2, -0.15) is 0 Å². The SMILES string of the molecule is COc1ccc(Br)cc1C(C)C(=O)N(C)N. The van der Waals surface area contributed by atoms with Gasteiger partial charge >= 0.3 is 0 Å². The molecule has 1 aromatic rings. The van der Waals surface area contributed by atoms with Crippen LogP contribution in [0.5, 0.6) is 5.75 Å². The van der Waals surface area contributed by atoms with Gasteiger partial charge in [-0.15, -0.1) is 0 Å². The number of hydrazine groups is 1. The molecule has 0 fully saturated rings. The Morgan fingerprint density at radius 1 is 1.56 bits per heavy atom. The Kier molecular flexibility index (Phi) is 4.32. The predicted molar refractivity (Wildman–Crippen MR) is 66.1 cm³/mol. The second-order valence-corrected chi connectivity index (χ2v) is 4.47. The number of likely N-dealkylation sites (N-methyl/N-ethyl adjacent to an activating group) is 1. The summed E-state index contributed by atoms with van der Waals surface area (Å²) in [6.07, 6.45) is 0. The molecule has 5 heteroatoms. The third kappa shape index (κ3) is 2.74. The Balaban J connectivity index is 3.11. The first kappa shape index (κ1) is 13.0. The molecule has 1 aromatic carbocycles. The van der Waals surface area contributed by atoms with E-state index in [1.54, 1.807) is 14.0 Å². The van der Waals surface area contributed by atoms with Crippen LogP contribution in [0.4, 0.5) is 0 Å². The minimum absolute atomic E-state index is 0.156. The van der Waals surface area contributed by atoms with Crippen molar-refractivity contribution in [2.45, 2.75) is 12.8 Å². The lowest BCUT2D eigenvalue weighted by molar-refractivity contribution is -0.131. The molecule has 1 amide bonds. The van der Waals surface area contributed by atoms with Gasteiger partial charge in [0.25, 0.3) is 0 Å². The van der Waals surface area contributed by atoms with Crippen LogP contribution in [-0.2, 0) is 4.79 Å². The van der Waals surface area contributed by atoms with Crippen LogP contribution in [0.3, 0.4) is 0 Å². The van der Waals surface area contributed by atoms with Crippen molar-refractivity contribution in [1.82, 2.24) is 5.01 Å². The van der Waals surface area contributed by atoms with Gasteiger partial charge < -0.3 is 4.74 Å². The number of nitrogens with zero attached hydrogens (tertiary/aromatic N) is 1. The zero-order valence-electron chi connectivity index (χ0n) is 9.53. The van der Waals surface area contributed by atoms with Crippen LogP contribution < -0.4 is 10.6 Å². The fraction of sp³-hybridized carbons (Fsp3) is 0.364. The van der Waals surface area contributed by atoms with Crippen LogP contribution in [0.25, 0.3) is 0 Å². The molecular formula is C11H15BrN2O2. The second kappa shape index (κ2) is 5.32. The number of hydrogen-bond donors (Lipinski definition) is 1. The lowest BCUT2D eigenvalue weighted by atomic mass is 9.99. The first-order valence-electron chi connectivity index (χ1n) is 4.83. The Hall–Kier alpha value is -1.07. The standard InChI is InChI=1S/C11H15BrN2O2/c1-7(11(15)14(2)13)9-6-8(12)4-5-10(9)16-3/h4-7H,13H2,1-3H3. The first-order chi connectivity index (χ1) is 7.47. The average Bonchev–Trinajstić information content (AvgIpc) is 2.26. The predicted octanol–water partition coefficient (Wildman–Crippen LogP) is 1.89. The largest absolute Gasteiger partial charge is 0.496 e. The Morgan fingerprint density at radius 3 is 2.69 bits per heavy atom. The van der Waals surface area contributed by atoms with Gasteiger partial charge in [-0.1, -0.05) is 15.9 Å². The van der Waals surface area contributed by atoms with Gasteiger partial charge in [0.05, 0.1) is 13.0 Å². The van der Waals surface area contributed by atoms with Crippen molar-refractivity contribution in [1.29, 1.82) is 0 Å². The lowest BCUT2D eigenvalue weighted by Crippen LogP contribution is -2.36. The van der Waals surface area contributed by atoms with Crippen LogP contribution in [-0.4, -0.2) is 25.1 Å². The van der Waals surface area contributed by atoms with E-state index in [1.165, 1.54) is 7.05 Å². The molecule has 0 spiro atoms. The van der Waals surface area contributed by atoms with E-state index >= 15 is 0 Å². The molecule has 0 radical (unpaired) electrons. The number of nitrogens with two attached hydrogens (primary N) is 1. The molecule has 0 bridgehead atoms. The number of rotatable bonds is 3. The van der Waals surface area contributed by atoms with Gasteiger partial charge in [0, 0.05) is 17.1 Å². The molecule has 2 N–H and O–H groups in total. The molecule has 0 aliphatic rings. The maximum absolute atomic E-state index is 11.8. The van der Waals surface area contributed by atoms with Crippen LogP contribution in [0.1, 0.15) is 18.4 Å². The second-order valence-electron chi connectivity index (χ2n) is 3.56. The quantitative estimate of drug-likeness (QED) is 0.525. The van der Waals surface area contributed by atoms with Crippen molar-refractivity contribution in [2.75, 3.05) is 14.2 Å². The minimum Gasteiger partial charge on any atom is -0.496 e. The number of methoxy groups -OCH3 is 1. The summed E-state index contributed by atoms with van der Waals surface area (Å²) in [5.74, 6) is 5.63. The zero-order valence-corrected chi connectivity index (χ0v) is 11.1. The summed E-state index contributed by atoms with van der Waals surface area (Å²) in [5, 5.41) is 1.09. The van der Waals surface area contributed by atoms with E-state index in [0.29, 0.717) is 5.75 Å². The third-order valence-corrected chi connectivity index (χ3v) is 2.87. The molecule has 0 heterocycles. The lowest BCUT2D eigenvalue weighted by Gasteiger charge is -2.19. The van der Waals surface area contributed by atoms with E-state index in [9.17, 15) is 4.79 Å². The molecule has 4 nitrogen and oxygen atoms in total. The molecule has 0 aliphatic heterocycles. The van der Waals surface area contributed by atoms with E-state index in [2.05, 4.69) is 15.9 Å². The topological polar surface area (TPSA) is 55.6 Å². The summed E-state index contributed by atoms with van der Waals surface area (Å²) in [4.78, 5) is 11.8. The summed E-state index contributed by atoms with van der Waals surface area (Å²) >= 11 is 3.37. The Bertz CT molecular complexity index is 394. The Labute approximate surface area is 103 Å². The number of halogens is 1. The summed E-state index contributed by atoms with van der Waals surface area (Å²) in [6.45, 7) is 1.80. The van der Waals surface area contributed by atoms with E-state index in [4.69, 9.17) is 10.6 Å². The van der Waals surface area contributed by atoms with Crippen molar-refractivity contribution in [3.8, 4) is 5.75 Å². The highest BCUT2D eigenvalue weighted by Crippen LogP contribution is 2.30. The van der Waals surface area contributed by atoms with Crippen molar-refractivity contribution in [3.05, 3.63) is 28.2 Å². The molecular weight excluding hydrogens is 272 g/mol. The van der Waals surface area contributed by atoms with Crippen molar-refractivity contribution >= 4 is 21.8 Å². The van der Waals surface area contributed by atoms with Crippen LogP contribution in [0.2, 0.25) is 0 Å². The van der Waals surface area contributed by atoms with Crippen molar-refractivity contribution in [3.63, 3.8) is 0 Å². The number of hydrogen-bond acceptors (Lipinski definition) is 3. The first-order valence-corrected chi connectivity index (χ1v) is 5.62. The minimum atomic E-state index is -0.331. The molecule has 16 heavy (non-hydrogen) atoms. The van der Waals surface area contributed by atoms with E-state index < -0.39 is 0 Å². The fourth-order valence-electron chi connectivity index (χ4n) is 1.48. The number of carbonyl (C=O) groups excluding carboxylic acids is 1. The highest BCUT2D eigenvalue weighted by atomic mass is 79.9. The zero-order chi connectivity index (χ0) is 12.3. The number of ether oxygens (including phenoxy) is 1. The van der Waals surface area contributed by atoms with E-state index in [-0.39, 0.29) is 11.8 Å². The molecule has 88 valence electrons. The molecule has 1 unspecified atom stereocenters. The van der Waals surface area contributed by atoms with Gasteiger partial charge in [-0.05, 0) is 25.1 Å². The van der Waals surface area contributed by atoms with Gasteiger partial charge in [0.2, 0.25) is 5.91 Å². The average molecular weight is 287 g/mol. The van der Waals surface area contributed by atoms with Crippen LogP contribution in [0.15, 0.2) is 22.7 Å². The van der Waals surface area contributed by atoms with Gasteiger partial charge in [0.15, 0.2) is 0 Å². The van der Waals surface area contributed by atoms with Crippen molar-refractivity contribution < 1.29 is 9.53 Å². The van der Waals surface area contributed by atoms with Gasteiger partial charge in [-0.25, -0.2) is 5.84 Å². The van der Waals surface area contributed by atoms with E-state index in [0.717, 1.165) is 15.0 Å². The fourth-order valence-corrected chi connectivity index (χ4v) is 1.86. The van der Waals surface area contributed by atoms with E-state index in [1.807, 2.05) is 18.2 Å². The smallest absolute Gasteiger partial charge is 0.243 e. The maximum Gasteiger partial charge on any atom is 0.243 e. The maximum atomic E-state index is 11.8. The highest BCUT2D eigenvalue weighted by Gasteiger charge is 2.21. The summed E-state index contributed by atoms with van der Waals surface area (Å²) in [7, 11) is 3.11. The molecule has 0 saturated carbocycles. The molecule has 0 saturated heterocycles. The summed E-state index contributed by atoms with van der Waals surface area (Å²) < 4.78 is 6.12. The van der Waals surface area contributed by atoms with Crippen LogP contribution >= 0.6 is 15.9 Å². The molecule has 1 atom stereocenters. The van der Waals surface area contributed by atoms with Crippen molar-refractivity contribution in [2.24, 2.45) is 5.84 Å². The van der Waals surface area contributed by atoms with Gasteiger partial charge in [-0.3, -0.25) is 9.80 Å². The number of amides is 1. The highest BCUT2D eigenvalue weighted by molar-refractivity contribution is 9.10. The third-order valence-electron chi connectivity index (χ3n) is 2.38.